The Morgan fingerprint density at radius 3 is 1.44 bits per heavy atom. The Morgan fingerprint density at radius 1 is 0.495 bits per heavy atom. The number of benzene rings is 1. The van der Waals surface area contributed by atoms with Gasteiger partial charge in [-0.2, -0.15) is 0 Å². The highest BCUT2D eigenvalue weighted by Crippen LogP contribution is 2.20. The van der Waals surface area contributed by atoms with Gasteiger partial charge in [-0.1, -0.05) is 30.3 Å². The summed E-state index contributed by atoms with van der Waals surface area (Å²) in [4.78, 5) is 211. The predicted octanol–water partition coefficient (Wildman–Crippen LogP) is -9.09. The van der Waals surface area contributed by atoms with Gasteiger partial charge in [-0.15, -0.1) is 0 Å². The number of rotatable bonds is 43. The van der Waals surface area contributed by atoms with Crippen LogP contribution in [-0.4, -0.2) is 250 Å². The fourth-order valence-corrected chi connectivity index (χ4v) is 10.8. The van der Waals surface area contributed by atoms with Gasteiger partial charge in [-0.3, -0.25) is 77.1 Å². The minimum atomic E-state index is -1.42. The van der Waals surface area contributed by atoms with E-state index in [0.717, 1.165) is 0 Å². The smallest absolute Gasteiger partial charge is 0.322 e. The Morgan fingerprint density at radius 2 is 0.931 bits per heavy atom. The lowest BCUT2D eigenvalue weighted by atomic mass is 10.0. The number of H-pyrrole nitrogens is 2. The van der Waals surface area contributed by atoms with Crippen LogP contribution in [0.25, 0.3) is 0 Å². The van der Waals surface area contributed by atoms with Crippen molar-refractivity contribution in [2.24, 2.45) is 44.4 Å². The second-order valence-electron chi connectivity index (χ2n) is 23.7. The topological polar surface area (TPSA) is 636 Å². The number of carbonyl (C=O) groups excluding carboxylic acids is 13. The summed E-state index contributed by atoms with van der Waals surface area (Å²) in [5.74, 6) is -11.7. The van der Waals surface area contributed by atoms with Gasteiger partial charge in [0.25, 0.3) is 0 Å². The Hall–Kier alpha value is -11.3. The number of amides is 13. The van der Waals surface area contributed by atoms with Crippen LogP contribution in [0.4, 0.5) is 0 Å². The number of nitrogens with one attached hydrogen (secondary N) is 13. The molecular weight excluding hydrogens is 1320 g/mol. The molecular formula is C61H93N25O15. The summed E-state index contributed by atoms with van der Waals surface area (Å²) in [6.07, 6.45) is 7.67. The second-order valence-corrected chi connectivity index (χ2v) is 23.7. The number of unbranched alkanes of at least 4 members (excludes halogenated alkanes) is 1. The molecule has 3 aromatic rings. The van der Waals surface area contributed by atoms with E-state index in [1.807, 2.05) is 0 Å². The van der Waals surface area contributed by atoms with E-state index in [-0.39, 0.29) is 109 Å². The van der Waals surface area contributed by atoms with E-state index >= 15 is 0 Å². The maximum absolute atomic E-state index is 14.4. The van der Waals surface area contributed by atoms with Crippen molar-refractivity contribution in [3.05, 3.63) is 72.3 Å². The first kappa shape index (κ1) is 80.4. The predicted molar refractivity (Wildman–Crippen MR) is 360 cm³/mol. The number of carboxylic acid groups (broad SMARTS) is 1. The summed E-state index contributed by atoms with van der Waals surface area (Å²) >= 11 is 0. The Bertz CT molecular complexity index is 3350. The molecule has 0 radical (unpaired) electrons. The van der Waals surface area contributed by atoms with Crippen LogP contribution in [0.1, 0.15) is 87.6 Å². The van der Waals surface area contributed by atoms with Crippen LogP contribution in [0, 0.1) is 0 Å². The molecule has 5 rings (SSSR count). The van der Waals surface area contributed by atoms with E-state index in [4.69, 9.17) is 39.5 Å². The van der Waals surface area contributed by atoms with Gasteiger partial charge in [0.1, 0.15) is 48.8 Å². The largest absolute Gasteiger partial charge is 0.480 e. The number of nitrogens with zero attached hydrogens (tertiary/aromatic N) is 6. The maximum atomic E-state index is 14.4. The second kappa shape index (κ2) is 42.5. The quantitative estimate of drug-likeness (QED) is 0.0142. The van der Waals surface area contributed by atoms with Crippen molar-refractivity contribution >= 4 is 94.7 Å². The molecule has 13 amide bonds. The van der Waals surface area contributed by atoms with Crippen LogP contribution in [0.3, 0.4) is 0 Å². The molecule has 0 unspecified atom stereocenters. The number of imidazole rings is 2. The normalized spacial score (nSPS) is 15.6. The number of hydrogen-bond acceptors (Lipinski definition) is 20. The van der Waals surface area contributed by atoms with Gasteiger partial charge in [-0.05, 0) is 82.7 Å². The Labute approximate surface area is 580 Å². The zero-order valence-electron chi connectivity index (χ0n) is 55.8. The first-order valence-electron chi connectivity index (χ1n) is 32.8. The molecule has 26 N–H and O–H groups in total. The van der Waals surface area contributed by atoms with Crippen molar-refractivity contribution in [1.82, 2.24) is 88.2 Å². The molecule has 2 aliphatic rings. The van der Waals surface area contributed by atoms with Crippen molar-refractivity contribution < 1.29 is 72.2 Å². The van der Waals surface area contributed by atoms with E-state index in [1.165, 1.54) is 34.8 Å². The van der Waals surface area contributed by atoms with E-state index in [9.17, 15) is 67.1 Å². The molecule has 0 saturated carbocycles. The fraction of sp³-hybridized carbons (Fsp3) is 0.541. The monoisotopic (exact) mass is 1420 g/mol. The van der Waals surface area contributed by atoms with E-state index in [0.29, 0.717) is 42.6 Å². The molecule has 0 aliphatic carbocycles. The molecule has 40 nitrogen and oxygen atoms in total. The van der Waals surface area contributed by atoms with Crippen LogP contribution >= 0.6 is 0 Å². The molecule has 0 bridgehead atoms. The van der Waals surface area contributed by atoms with Crippen LogP contribution in [0.15, 0.2) is 65.4 Å². The SMILES string of the molecule is NCCCC[C@H](NC(=O)[C@H](CCCN=C(N)N)NC(=O)[C@@H]1CCCN1C(=O)CNC(=O)[C@@H](N)Cc1cnc[nH]1)C(=O)N[C@@H](Cc1cnc[nH]1)C(=O)NCC(=O)N1CCC[C@H]1C(=O)N[C@@H](CCCN=C(N)N)C(=O)NCC(=O)NCC(=O)NCC(=O)N[C@@H](Cc1ccccc1)C(=O)NCC(=O)O. The summed E-state index contributed by atoms with van der Waals surface area (Å²) in [5.41, 5.74) is 35.5. The molecule has 552 valence electrons. The highest BCUT2D eigenvalue weighted by molar-refractivity contribution is 5.99. The number of aliphatic carboxylic acids is 1. The lowest BCUT2D eigenvalue weighted by Crippen LogP contribution is -2.59. The standard InChI is InChI=1S/C61H93N25O15/c62-17-5-4-12-40(81-56(98)41(14-7-19-71-61(66)67)83-59(101)45-16-9-20-85(45)49(90)30-75-52(94)38(63)23-36-25-68-33-78-36)57(99)84-43(24-37-26-69-34-79-37)55(97)76-31-50(91)86-21-8-15-44(86)58(100)82-39(13-6-18-70-60(64)65)53(95)74-28-47(88)72-27-46(87)73-29-48(89)80-42(54(96)77-32-51(92)93)22-35-10-2-1-3-11-35/h1-3,10-11,25-26,33-34,38-45H,4-9,12-24,27-32,62-63H2,(H,68,78)(H,69,79)(H,72,88)(H,73,87)(H,74,95)(H,75,94)(H,76,97)(H,77,96)(H,80,89)(H,81,98)(H,82,100)(H,83,101)(H,84,99)(H,92,93)(H4,64,65,70)(H4,66,67,71)/t38-,39-,40-,41-,42-,43-,44-,45-/m0/s1. The van der Waals surface area contributed by atoms with Gasteiger partial charge in [0.05, 0.1) is 51.4 Å². The van der Waals surface area contributed by atoms with Gasteiger partial charge in [0, 0.05) is 69.2 Å². The highest BCUT2D eigenvalue weighted by Gasteiger charge is 2.39. The van der Waals surface area contributed by atoms with Gasteiger partial charge < -0.3 is 118 Å². The van der Waals surface area contributed by atoms with Crippen molar-refractivity contribution in [1.29, 1.82) is 0 Å². The van der Waals surface area contributed by atoms with Crippen molar-refractivity contribution in [3.8, 4) is 0 Å². The maximum Gasteiger partial charge on any atom is 0.322 e. The summed E-state index contributed by atoms with van der Waals surface area (Å²) in [7, 11) is 0. The first-order chi connectivity index (χ1) is 48.3. The summed E-state index contributed by atoms with van der Waals surface area (Å²) in [6.45, 7) is -3.28. The molecule has 2 aliphatic heterocycles. The van der Waals surface area contributed by atoms with Crippen LogP contribution < -0.4 is 92.9 Å². The minimum Gasteiger partial charge on any atom is -0.480 e. The highest BCUT2D eigenvalue weighted by atomic mass is 16.4. The number of aromatic nitrogens is 4. The molecule has 2 aromatic heterocycles. The Balaban J connectivity index is 1.18. The average molecular weight is 1420 g/mol. The van der Waals surface area contributed by atoms with Crippen LogP contribution in [-0.2, 0) is 86.4 Å². The summed E-state index contributed by atoms with van der Waals surface area (Å²) < 4.78 is 0. The van der Waals surface area contributed by atoms with Crippen molar-refractivity contribution in [2.45, 2.75) is 138 Å². The number of carboxylic acids is 1. The number of carbonyl (C=O) groups is 14. The zero-order chi connectivity index (χ0) is 73.8. The third-order valence-electron chi connectivity index (χ3n) is 15.9. The van der Waals surface area contributed by atoms with Gasteiger partial charge in [0.2, 0.25) is 76.8 Å². The first-order valence-corrected chi connectivity index (χ1v) is 32.8. The average Bonchev–Trinajstić information content (AvgIpc) is 1.77. The fourth-order valence-electron chi connectivity index (χ4n) is 10.8. The van der Waals surface area contributed by atoms with Crippen molar-refractivity contribution in [2.75, 3.05) is 72.0 Å². The number of hydrogen-bond donors (Lipinski definition) is 20. The van der Waals surface area contributed by atoms with Crippen molar-refractivity contribution in [3.63, 3.8) is 0 Å². The number of aromatic amines is 2. The lowest BCUT2D eigenvalue weighted by Gasteiger charge is -2.28. The number of nitrogens with two attached hydrogens (primary N) is 6. The van der Waals surface area contributed by atoms with Gasteiger partial charge >= 0.3 is 5.97 Å². The minimum absolute atomic E-state index is 0.00113. The molecule has 101 heavy (non-hydrogen) atoms. The zero-order valence-corrected chi connectivity index (χ0v) is 55.8. The molecule has 2 fully saturated rings. The molecule has 40 heteroatoms. The molecule has 2 saturated heterocycles. The third-order valence-corrected chi connectivity index (χ3v) is 15.9. The molecule has 1 aromatic carbocycles. The molecule has 0 spiro atoms. The summed E-state index contributed by atoms with van der Waals surface area (Å²) in [6, 6.07) is -1.26. The number of guanidine groups is 2. The third kappa shape index (κ3) is 29.0. The van der Waals surface area contributed by atoms with Crippen LogP contribution in [0.2, 0.25) is 0 Å². The van der Waals surface area contributed by atoms with Gasteiger partial charge in [0.15, 0.2) is 11.9 Å². The van der Waals surface area contributed by atoms with Gasteiger partial charge in [-0.25, -0.2) is 9.97 Å². The van der Waals surface area contributed by atoms with E-state index in [2.05, 4.69) is 88.4 Å². The number of likely N-dealkylation sites (tertiary alicyclic amines) is 2. The Kier molecular flexibility index (Phi) is 33.8. The lowest BCUT2D eigenvalue weighted by molar-refractivity contribution is -0.140. The van der Waals surface area contributed by atoms with Crippen LogP contribution in [0.5, 0.6) is 0 Å². The summed E-state index contributed by atoms with van der Waals surface area (Å²) in [5, 5.41) is 36.4. The van der Waals surface area contributed by atoms with E-state index < -0.39 is 170 Å². The number of aliphatic imine (C=N–C) groups is 2. The van der Waals surface area contributed by atoms with E-state index in [1.54, 1.807) is 30.3 Å². The molecule has 4 heterocycles. The molecule has 8 atom stereocenters.